The van der Waals surface area contributed by atoms with Crippen LogP contribution in [0.4, 0.5) is 0 Å². The van der Waals surface area contributed by atoms with Crippen LogP contribution in [0.2, 0.25) is 0 Å². The van der Waals surface area contributed by atoms with Crippen molar-refractivity contribution in [1.29, 1.82) is 0 Å². The van der Waals surface area contributed by atoms with Crippen LogP contribution in [0.1, 0.15) is 44.0 Å². The van der Waals surface area contributed by atoms with Gasteiger partial charge in [0.25, 0.3) is 0 Å². The van der Waals surface area contributed by atoms with Gasteiger partial charge in [-0.25, -0.2) is 0 Å². The highest BCUT2D eigenvalue weighted by Crippen LogP contribution is 2.21. The molecule has 1 aliphatic rings. The lowest BCUT2D eigenvalue weighted by atomic mass is 10.2. The highest BCUT2D eigenvalue weighted by Gasteiger charge is 2.23. The third-order valence-electron chi connectivity index (χ3n) is 5.00. The number of rotatable bonds is 6. The summed E-state index contributed by atoms with van der Waals surface area (Å²) in [6, 6.07) is 7.99. The van der Waals surface area contributed by atoms with E-state index in [-0.39, 0.29) is 17.9 Å². The van der Waals surface area contributed by atoms with E-state index in [1.165, 1.54) is 5.56 Å². The summed E-state index contributed by atoms with van der Waals surface area (Å²) in [4.78, 5) is 14.4. The number of aromatic nitrogens is 3. The van der Waals surface area contributed by atoms with Gasteiger partial charge in [-0.3, -0.25) is 9.69 Å². The van der Waals surface area contributed by atoms with Gasteiger partial charge in [0, 0.05) is 44.1 Å². The van der Waals surface area contributed by atoms with Crippen molar-refractivity contribution in [3.63, 3.8) is 0 Å². The summed E-state index contributed by atoms with van der Waals surface area (Å²) in [5.41, 5.74) is 1.19. The average molecular weight is 371 g/mol. The van der Waals surface area contributed by atoms with E-state index in [1.54, 1.807) is 7.11 Å². The van der Waals surface area contributed by atoms with Gasteiger partial charge in [0.15, 0.2) is 5.82 Å². The summed E-state index contributed by atoms with van der Waals surface area (Å²) in [5.74, 6) is 2.73. The van der Waals surface area contributed by atoms with Crippen molar-refractivity contribution in [1.82, 2.24) is 25.0 Å². The highest BCUT2D eigenvalue weighted by atomic mass is 16.5. The minimum absolute atomic E-state index is 0.0336. The molecule has 1 aliphatic heterocycles. The zero-order valence-corrected chi connectivity index (χ0v) is 16.6. The van der Waals surface area contributed by atoms with Crippen molar-refractivity contribution in [2.45, 2.75) is 46.3 Å². The lowest BCUT2D eigenvalue weighted by Gasteiger charge is -2.21. The van der Waals surface area contributed by atoms with Gasteiger partial charge in [0.2, 0.25) is 5.91 Å². The predicted octanol–water partition coefficient (Wildman–Crippen LogP) is 2.18. The van der Waals surface area contributed by atoms with Crippen molar-refractivity contribution in [2.24, 2.45) is 5.92 Å². The Kier molecular flexibility index (Phi) is 6.11. The molecule has 0 saturated carbocycles. The van der Waals surface area contributed by atoms with Crippen LogP contribution in [0.25, 0.3) is 0 Å². The predicted molar refractivity (Wildman–Crippen MR) is 103 cm³/mol. The number of nitrogens with one attached hydrogen (secondary N) is 1. The Morgan fingerprint density at radius 1 is 1.19 bits per heavy atom. The maximum absolute atomic E-state index is 12.0. The molecule has 7 nitrogen and oxygen atoms in total. The summed E-state index contributed by atoms with van der Waals surface area (Å²) in [6.07, 6.45) is 0.840. The maximum Gasteiger partial charge on any atom is 0.223 e. The number of hydrogen-bond acceptors (Lipinski definition) is 5. The third-order valence-corrected chi connectivity index (χ3v) is 5.00. The van der Waals surface area contributed by atoms with E-state index in [0.29, 0.717) is 0 Å². The number of para-hydroxylation sites is 1. The Hall–Kier alpha value is -2.41. The van der Waals surface area contributed by atoms with Crippen LogP contribution < -0.4 is 10.1 Å². The van der Waals surface area contributed by atoms with E-state index in [2.05, 4.69) is 31.0 Å². The largest absolute Gasteiger partial charge is 0.496 e. The van der Waals surface area contributed by atoms with Crippen LogP contribution in [0, 0.1) is 5.92 Å². The maximum atomic E-state index is 12.0. The van der Waals surface area contributed by atoms with Crippen LogP contribution in [-0.2, 0) is 24.3 Å². The minimum atomic E-state index is -0.151. The molecule has 1 N–H and O–H groups in total. The van der Waals surface area contributed by atoms with Crippen LogP contribution in [0.5, 0.6) is 5.75 Å². The van der Waals surface area contributed by atoms with Gasteiger partial charge < -0.3 is 14.6 Å². The first-order valence-electron chi connectivity index (χ1n) is 9.56. The second-order valence-electron chi connectivity index (χ2n) is 7.35. The van der Waals surface area contributed by atoms with Crippen LogP contribution in [-0.4, -0.2) is 45.8 Å². The van der Waals surface area contributed by atoms with Crippen molar-refractivity contribution in [2.75, 3.05) is 20.2 Å². The van der Waals surface area contributed by atoms with E-state index in [9.17, 15) is 4.79 Å². The fourth-order valence-corrected chi connectivity index (χ4v) is 3.39. The molecule has 0 saturated heterocycles. The lowest BCUT2D eigenvalue weighted by Crippen LogP contribution is -2.32. The Balaban J connectivity index is 1.68. The molecule has 0 spiro atoms. The van der Waals surface area contributed by atoms with Crippen molar-refractivity contribution >= 4 is 5.91 Å². The first kappa shape index (κ1) is 19.4. The van der Waals surface area contributed by atoms with Crippen molar-refractivity contribution < 1.29 is 9.53 Å². The molecule has 2 heterocycles. The lowest BCUT2D eigenvalue weighted by molar-refractivity contribution is -0.124. The Morgan fingerprint density at radius 3 is 2.70 bits per heavy atom. The quantitative estimate of drug-likeness (QED) is 0.843. The number of amides is 1. The van der Waals surface area contributed by atoms with E-state index >= 15 is 0 Å². The molecule has 0 aliphatic carbocycles. The topological polar surface area (TPSA) is 72.3 Å². The number of fused-ring (bicyclic) bond motifs is 1. The van der Waals surface area contributed by atoms with Gasteiger partial charge in [-0.15, -0.1) is 10.2 Å². The molecular weight excluding hydrogens is 342 g/mol. The molecule has 0 fully saturated rings. The molecule has 1 amide bonds. The number of benzene rings is 1. The number of methoxy groups -OCH3 is 1. The Morgan fingerprint density at radius 2 is 1.96 bits per heavy atom. The van der Waals surface area contributed by atoms with Crippen molar-refractivity contribution in [3.8, 4) is 5.75 Å². The summed E-state index contributed by atoms with van der Waals surface area (Å²) in [7, 11) is 1.71. The summed E-state index contributed by atoms with van der Waals surface area (Å²) in [5, 5.41) is 11.7. The normalized spacial score (nSPS) is 15.9. The van der Waals surface area contributed by atoms with Gasteiger partial charge in [-0.2, -0.15) is 0 Å². The molecule has 0 bridgehead atoms. The van der Waals surface area contributed by atoms with Crippen LogP contribution >= 0.6 is 0 Å². The molecule has 0 radical (unpaired) electrons. The standard InChI is InChI=1S/C20H29N5O2/c1-14(2)20(26)21-15(3)19-23-22-18-9-10-24(11-12-25(18)19)13-16-7-5-6-8-17(16)27-4/h5-8,14-15H,9-13H2,1-4H3,(H,21,26). The molecule has 1 aromatic heterocycles. The van der Waals surface area contributed by atoms with Gasteiger partial charge in [-0.05, 0) is 13.0 Å². The molecule has 3 rings (SSSR count). The number of carbonyl (C=O) groups excluding carboxylic acids is 1. The van der Waals surface area contributed by atoms with Crippen molar-refractivity contribution in [3.05, 3.63) is 41.5 Å². The molecule has 27 heavy (non-hydrogen) atoms. The van der Waals surface area contributed by atoms with E-state index in [4.69, 9.17) is 4.74 Å². The number of nitrogens with zero attached hydrogens (tertiary/aromatic N) is 4. The molecule has 7 heteroatoms. The minimum Gasteiger partial charge on any atom is -0.496 e. The molecule has 2 aromatic rings. The van der Waals surface area contributed by atoms with E-state index in [0.717, 1.165) is 50.0 Å². The van der Waals surface area contributed by atoms with Crippen LogP contribution in [0.3, 0.4) is 0 Å². The average Bonchev–Trinajstić information content (AvgIpc) is 2.97. The van der Waals surface area contributed by atoms with E-state index in [1.807, 2.05) is 39.0 Å². The fraction of sp³-hybridized carbons (Fsp3) is 0.550. The fourth-order valence-electron chi connectivity index (χ4n) is 3.39. The second-order valence-corrected chi connectivity index (χ2v) is 7.35. The third kappa shape index (κ3) is 4.47. The zero-order chi connectivity index (χ0) is 19.4. The Labute approximate surface area is 160 Å². The van der Waals surface area contributed by atoms with Gasteiger partial charge in [0.1, 0.15) is 11.6 Å². The van der Waals surface area contributed by atoms with E-state index < -0.39 is 0 Å². The summed E-state index contributed by atoms with van der Waals surface area (Å²) in [6.45, 7) is 9.23. The van der Waals surface area contributed by atoms with Gasteiger partial charge in [-0.1, -0.05) is 32.0 Å². The first-order chi connectivity index (χ1) is 13.0. The highest BCUT2D eigenvalue weighted by molar-refractivity contribution is 5.78. The summed E-state index contributed by atoms with van der Waals surface area (Å²) >= 11 is 0. The molecule has 1 unspecified atom stereocenters. The number of carbonyl (C=O) groups is 1. The summed E-state index contributed by atoms with van der Waals surface area (Å²) < 4.78 is 7.64. The van der Waals surface area contributed by atoms with Gasteiger partial charge >= 0.3 is 0 Å². The monoisotopic (exact) mass is 371 g/mol. The first-order valence-corrected chi connectivity index (χ1v) is 9.56. The molecule has 146 valence electrons. The zero-order valence-electron chi connectivity index (χ0n) is 16.6. The Bertz CT molecular complexity index is 786. The van der Waals surface area contributed by atoms with Gasteiger partial charge in [0.05, 0.1) is 13.2 Å². The van der Waals surface area contributed by atoms with Crippen LogP contribution in [0.15, 0.2) is 24.3 Å². The second kappa shape index (κ2) is 8.52. The molecule has 1 aromatic carbocycles. The molecule has 1 atom stereocenters. The smallest absolute Gasteiger partial charge is 0.223 e. The molecular formula is C20H29N5O2. The SMILES string of the molecule is COc1ccccc1CN1CCc2nnc(C(C)NC(=O)C(C)C)n2CC1. The number of hydrogen-bond donors (Lipinski definition) is 1. The number of ether oxygens (including phenoxy) is 1.